The first kappa shape index (κ1) is 18.9. The average Bonchev–Trinajstić information content (AvgIpc) is 3.17. The normalized spacial score (nSPS) is 16.0. The molecule has 1 atom stereocenters. The molecule has 5 rings (SSSR count). The summed E-state index contributed by atoms with van der Waals surface area (Å²) >= 11 is 3.43. The largest absolute Gasteiger partial charge is 0.330 e. The van der Waals surface area contributed by atoms with Crippen molar-refractivity contribution < 1.29 is 9.18 Å². The number of carbonyl (C=O) groups is 1. The van der Waals surface area contributed by atoms with Crippen molar-refractivity contribution in [1.82, 2.24) is 19.5 Å². The highest BCUT2D eigenvalue weighted by Crippen LogP contribution is 2.34. The summed E-state index contributed by atoms with van der Waals surface area (Å²) < 4.78 is 16.7. The van der Waals surface area contributed by atoms with Crippen LogP contribution in [0.25, 0.3) is 16.6 Å². The minimum absolute atomic E-state index is 0.0876. The van der Waals surface area contributed by atoms with Crippen LogP contribution in [0, 0.1) is 5.95 Å². The van der Waals surface area contributed by atoms with E-state index < -0.39 is 5.95 Å². The Labute approximate surface area is 181 Å². The molecule has 3 aromatic heterocycles. The van der Waals surface area contributed by atoms with Gasteiger partial charge < -0.3 is 4.90 Å². The lowest BCUT2D eigenvalue weighted by molar-refractivity contribution is 0.0671. The van der Waals surface area contributed by atoms with Crippen molar-refractivity contribution in [3.05, 3.63) is 88.2 Å². The first-order valence-corrected chi connectivity index (χ1v) is 10.5. The molecule has 0 radical (unpaired) electrons. The summed E-state index contributed by atoms with van der Waals surface area (Å²) in [6.45, 7) is 2.61. The lowest BCUT2D eigenvalue weighted by Gasteiger charge is -2.35. The van der Waals surface area contributed by atoms with E-state index >= 15 is 0 Å². The SMILES string of the molecule is CC1c2ccc(-c3cccnc3F)cc2CCN1C(=O)c1cc2ccc(Br)cn2n1. The van der Waals surface area contributed by atoms with Gasteiger partial charge in [0.1, 0.15) is 0 Å². The van der Waals surface area contributed by atoms with E-state index in [9.17, 15) is 9.18 Å². The molecule has 1 unspecified atom stereocenters. The van der Waals surface area contributed by atoms with E-state index in [2.05, 4.69) is 26.0 Å². The monoisotopic (exact) mass is 464 g/mol. The zero-order valence-corrected chi connectivity index (χ0v) is 17.8. The standard InChI is InChI=1S/C23H18BrFN4O/c1-14-19-7-4-15(20-3-2-9-26-22(20)25)11-16(19)8-10-28(14)23(30)21-12-18-6-5-17(24)13-29(18)27-21/h2-7,9,11-14H,8,10H2,1H3. The molecule has 30 heavy (non-hydrogen) atoms. The van der Waals surface area contributed by atoms with E-state index in [1.165, 1.54) is 6.20 Å². The summed E-state index contributed by atoms with van der Waals surface area (Å²) in [4.78, 5) is 18.8. The van der Waals surface area contributed by atoms with E-state index in [1.807, 2.05) is 54.4 Å². The molecule has 5 nitrogen and oxygen atoms in total. The maximum Gasteiger partial charge on any atom is 0.274 e. The third-order valence-corrected chi connectivity index (χ3v) is 6.13. The zero-order chi connectivity index (χ0) is 20.8. The van der Waals surface area contributed by atoms with Crippen LogP contribution in [0.4, 0.5) is 4.39 Å². The molecule has 1 aliphatic rings. The maximum absolute atomic E-state index is 14.1. The number of benzene rings is 1. The fourth-order valence-corrected chi connectivity index (χ4v) is 4.42. The fourth-order valence-electron chi connectivity index (χ4n) is 4.09. The molecular formula is C23H18BrFN4O. The number of rotatable bonds is 2. The molecule has 4 heterocycles. The third-order valence-electron chi connectivity index (χ3n) is 5.66. The second-order valence-electron chi connectivity index (χ2n) is 7.43. The highest BCUT2D eigenvalue weighted by atomic mass is 79.9. The van der Waals surface area contributed by atoms with E-state index in [1.54, 1.807) is 16.6 Å². The van der Waals surface area contributed by atoms with Crippen molar-refractivity contribution in [1.29, 1.82) is 0 Å². The Bertz CT molecular complexity index is 1290. The van der Waals surface area contributed by atoms with Crippen LogP contribution in [-0.2, 0) is 6.42 Å². The van der Waals surface area contributed by atoms with Gasteiger partial charge in [-0.1, -0.05) is 18.2 Å². The molecule has 1 aliphatic heterocycles. The van der Waals surface area contributed by atoms with Gasteiger partial charge in [-0.05, 0) is 76.3 Å². The number of halogens is 2. The number of aromatic nitrogens is 3. The Kier molecular flexibility index (Phi) is 4.62. The highest BCUT2D eigenvalue weighted by Gasteiger charge is 2.30. The van der Waals surface area contributed by atoms with Crippen LogP contribution in [0.15, 0.2) is 65.4 Å². The second kappa shape index (κ2) is 7.32. The molecule has 0 saturated heterocycles. The van der Waals surface area contributed by atoms with Gasteiger partial charge in [0.2, 0.25) is 5.95 Å². The van der Waals surface area contributed by atoms with Gasteiger partial charge in [0, 0.05) is 29.0 Å². The molecule has 0 fully saturated rings. The first-order valence-electron chi connectivity index (χ1n) is 9.71. The van der Waals surface area contributed by atoms with Gasteiger partial charge in [0.15, 0.2) is 5.69 Å². The first-order chi connectivity index (χ1) is 14.5. The Hall–Kier alpha value is -3.06. The van der Waals surface area contributed by atoms with Gasteiger partial charge in [0.05, 0.1) is 11.6 Å². The molecule has 150 valence electrons. The number of amides is 1. The van der Waals surface area contributed by atoms with Crippen LogP contribution < -0.4 is 0 Å². The van der Waals surface area contributed by atoms with E-state index in [0.717, 1.165) is 26.7 Å². The Morgan fingerprint density at radius 1 is 1.20 bits per heavy atom. The van der Waals surface area contributed by atoms with Crippen molar-refractivity contribution in [2.45, 2.75) is 19.4 Å². The van der Waals surface area contributed by atoms with Crippen LogP contribution in [0.5, 0.6) is 0 Å². The molecule has 0 saturated carbocycles. The third kappa shape index (κ3) is 3.19. The Balaban J connectivity index is 1.45. The van der Waals surface area contributed by atoms with E-state index in [4.69, 9.17) is 0 Å². The molecule has 0 N–H and O–H groups in total. The molecule has 0 aliphatic carbocycles. The van der Waals surface area contributed by atoms with Crippen LogP contribution in [-0.4, -0.2) is 31.9 Å². The predicted octanol–water partition coefficient (Wildman–Crippen LogP) is 5.06. The van der Waals surface area contributed by atoms with Gasteiger partial charge in [-0.25, -0.2) is 9.50 Å². The van der Waals surface area contributed by atoms with Gasteiger partial charge in [-0.2, -0.15) is 9.49 Å². The lowest BCUT2D eigenvalue weighted by Crippen LogP contribution is -2.39. The van der Waals surface area contributed by atoms with Gasteiger partial charge in [0.25, 0.3) is 5.91 Å². The molecule has 1 amide bonds. The van der Waals surface area contributed by atoms with Crippen LogP contribution >= 0.6 is 15.9 Å². The molecule has 0 spiro atoms. The molecule has 1 aromatic carbocycles. The van der Waals surface area contributed by atoms with E-state index in [-0.39, 0.29) is 11.9 Å². The van der Waals surface area contributed by atoms with Gasteiger partial charge >= 0.3 is 0 Å². The number of nitrogens with zero attached hydrogens (tertiary/aromatic N) is 4. The summed E-state index contributed by atoms with van der Waals surface area (Å²) in [7, 11) is 0. The Morgan fingerprint density at radius 3 is 2.90 bits per heavy atom. The second-order valence-corrected chi connectivity index (χ2v) is 8.34. The lowest BCUT2D eigenvalue weighted by atomic mass is 9.90. The van der Waals surface area contributed by atoms with Crippen molar-refractivity contribution >= 4 is 27.4 Å². The maximum atomic E-state index is 14.1. The summed E-state index contributed by atoms with van der Waals surface area (Å²) in [5, 5.41) is 4.45. The fraction of sp³-hybridized carbons (Fsp3) is 0.174. The minimum atomic E-state index is -0.475. The predicted molar refractivity (Wildman–Crippen MR) is 116 cm³/mol. The quantitative estimate of drug-likeness (QED) is 0.389. The summed E-state index contributed by atoms with van der Waals surface area (Å²) in [5.74, 6) is -0.563. The Morgan fingerprint density at radius 2 is 2.07 bits per heavy atom. The van der Waals surface area contributed by atoms with Crippen molar-refractivity contribution in [2.24, 2.45) is 0 Å². The number of hydrogen-bond acceptors (Lipinski definition) is 3. The zero-order valence-electron chi connectivity index (χ0n) is 16.2. The summed E-state index contributed by atoms with van der Waals surface area (Å²) in [6, 6.07) is 14.9. The summed E-state index contributed by atoms with van der Waals surface area (Å²) in [6.07, 6.45) is 3.99. The van der Waals surface area contributed by atoms with Crippen molar-refractivity contribution in [3.8, 4) is 11.1 Å². The average molecular weight is 465 g/mol. The molecule has 0 bridgehead atoms. The van der Waals surface area contributed by atoms with Crippen LogP contribution in [0.1, 0.15) is 34.6 Å². The smallest absolute Gasteiger partial charge is 0.274 e. The number of fused-ring (bicyclic) bond motifs is 2. The van der Waals surface area contributed by atoms with Crippen LogP contribution in [0.3, 0.4) is 0 Å². The summed E-state index contributed by atoms with van der Waals surface area (Å²) in [5.41, 5.74) is 4.80. The number of carbonyl (C=O) groups excluding carboxylic acids is 1. The molecule has 7 heteroatoms. The molecular weight excluding hydrogens is 447 g/mol. The minimum Gasteiger partial charge on any atom is -0.330 e. The van der Waals surface area contributed by atoms with Crippen molar-refractivity contribution in [3.63, 3.8) is 0 Å². The highest BCUT2D eigenvalue weighted by molar-refractivity contribution is 9.10. The van der Waals surface area contributed by atoms with Crippen molar-refractivity contribution in [2.75, 3.05) is 6.54 Å². The number of pyridine rings is 2. The van der Waals surface area contributed by atoms with E-state index in [0.29, 0.717) is 24.2 Å². The number of hydrogen-bond donors (Lipinski definition) is 0. The molecule has 4 aromatic rings. The van der Waals surface area contributed by atoms with Gasteiger partial charge in [-0.15, -0.1) is 0 Å². The van der Waals surface area contributed by atoms with Crippen LogP contribution in [0.2, 0.25) is 0 Å². The van der Waals surface area contributed by atoms with Gasteiger partial charge in [-0.3, -0.25) is 4.79 Å². The topological polar surface area (TPSA) is 50.5 Å².